The third-order valence-corrected chi connectivity index (χ3v) is 4.74. The molecule has 1 aliphatic heterocycles. The average Bonchev–Trinajstić information content (AvgIpc) is 3.18. The summed E-state index contributed by atoms with van der Waals surface area (Å²) in [6.45, 7) is 0.668. The van der Waals surface area contributed by atoms with Crippen molar-refractivity contribution < 1.29 is 9.59 Å². The van der Waals surface area contributed by atoms with E-state index in [-0.39, 0.29) is 17.9 Å². The number of benzene rings is 1. The number of nitrogens with one attached hydrogen (secondary N) is 1. The van der Waals surface area contributed by atoms with Crippen molar-refractivity contribution in [3.63, 3.8) is 0 Å². The Morgan fingerprint density at radius 3 is 2.52 bits per heavy atom. The first-order chi connectivity index (χ1) is 10.2. The first-order valence-corrected chi connectivity index (χ1v) is 8.57. The maximum Gasteiger partial charge on any atom is 0.254 e. The van der Waals surface area contributed by atoms with Gasteiger partial charge in [-0.15, -0.1) is 0 Å². The molecule has 1 saturated carbocycles. The fraction of sp³-hybridized carbons (Fsp3) is 0.500. The summed E-state index contributed by atoms with van der Waals surface area (Å²) in [6, 6.07) is 7.61. The van der Waals surface area contributed by atoms with E-state index < -0.39 is 0 Å². The Hall–Kier alpha value is -1.36. The van der Waals surface area contributed by atoms with Gasteiger partial charge in [-0.3, -0.25) is 9.59 Å². The Labute approximate surface area is 133 Å². The third-order valence-electron chi connectivity index (χ3n) is 4.10. The van der Waals surface area contributed by atoms with Crippen molar-refractivity contribution in [2.45, 2.75) is 43.1 Å². The van der Waals surface area contributed by atoms with E-state index in [0.717, 1.165) is 36.6 Å². The van der Waals surface area contributed by atoms with Crippen LogP contribution in [0, 0.1) is 0 Å². The number of hydrogen-bond acceptors (Lipinski definition) is 2. The van der Waals surface area contributed by atoms with E-state index in [4.69, 9.17) is 0 Å². The van der Waals surface area contributed by atoms with Crippen LogP contribution in [-0.2, 0) is 10.1 Å². The molecule has 5 heteroatoms. The number of hydrogen-bond donors (Lipinski definition) is 1. The molecule has 2 fully saturated rings. The lowest BCUT2D eigenvalue weighted by atomic mass is 10.1. The second-order valence-corrected chi connectivity index (χ2v) is 6.33. The first-order valence-electron chi connectivity index (χ1n) is 7.45. The van der Waals surface area contributed by atoms with Crippen molar-refractivity contribution >= 4 is 27.7 Å². The molecule has 4 nitrogen and oxygen atoms in total. The molecule has 1 heterocycles. The van der Waals surface area contributed by atoms with Crippen molar-refractivity contribution in [3.8, 4) is 0 Å². The van der Waals surface area contributed by atoms with Crippen LogP contribution in [0.5, 0.6) is 0 Å². The highest BCUT2D eigenvalue weighted by atomic mass is 79.9. The molecule has 1 unspecified atom stereocenters. The van der Waals surface area contributed by atoms with Crippen molar-refractivity contribution in [2.24, 2.45) is 0 Å². The Balaban J connectivity index is 1.70. The lowest BCUT2D eigenvalue weighted by Crippen LogP contribution is -2.46. The van der Waals surface area contributed by atoms with E-state index in [1.54, 1.807) is 4.90 Å². The molecule has 2 aliphatic rings. The molecule has 1 N–H and O–H groups in total. The molecular formula is C16H19BrN2O2. The lowest BCUT2D eigenvalue weighted by Gasteiger charge is -2.24. The quantitative estimate of drug-likeness (QED) is 0.848. The smallest absolute Gasteiger partial charge is 0.254 e. The summed E-state index contributed by atoms with van der Waals surface area (Å²) in [4.78, 5) is 26.6. The van der Waals surface area contributed by atoms with Crippen LogP contribution in [0.4, 0.5) is 0 Å². The Kier molecular flexibility index (Phi) is 4.29. The van der Waals surface area contributed by atoms with Gasteiger partial charge in [-0.1, -0.05) is 28.1 Å². The number of amides is 2. The molecular weight excluding hydrogens is 332 g/mol. The topological polar surface area (TPSA) is 49.4 Å². The van der Waals surface area contributed by atoms with Crippen molar-refractivity contribution in [2.75, 3.05) is 6.54 Å². The Morgan fingerprint density at radius 2 is 1.90 bits per heavy atom. The maximum absolute atomic E-state index is 12.6. The molecule has 0 spiro atoms. The summed E-state index contributed by atoms with van der Waals surface area (Å²) in [5, 5.41) is 3.79. The van der Waals surface area contributed by atoms with Gasteiger partial charge < -0.3 is 10.2 Å². The monoisotopic (exact) mass is 350 g/mol. The molecule has 21 heavy (non-hydrogen) atoms. The number of alkyl halides is 1. The van der Waals surface area contributed by atoms with E-state index in [9.17, 15) is 9.59 Å². The molecule has 1 atom stereocenters. The van der Waals surface area contributed by atoms with Gasteiger partial charge in [0.1, 0.15) is 6.04 Å². The zero-order chi connectivity index (χ0) is 14.8. The number of nitrogens with zero attached hydrogens (tertiary/aromatic N) is 1. The molecule has 1 aromatic carbocycles. The van der Waals surface area contributed by atoms with Gasteiger partial charge in [0.15, 0.2) is 0 Å². The minimum absolute atomic E-state index is 0.0143. The molecule has 3 rings (SSSR count). The third kappa shape index (κ3) is 3.28. The maximum atomic E-state index is 12.6. The minimum atomic E-state index is -0.297. The van der Waals surface area contributed by atoms with Crippen molar-refractivity contribution in [3.05, 3.63) is 35.4 Å². The molecule has 0 bridgehead atoms. The largest absolute Gasteiger partial charge is 0.352 e. The lowest BCUT2D eigenvalue weighted by molar-refractivity contribution is -0.125. The predicted octanol–water partition coefficient (Wildman–Crippen LogP) is 2.46. The van der Waals surface area contributed by atoms with Crippen LogP contribution in [-0.4, -0.2) is 35.3 Å². The number of carbonyl (C=O) groups is 2. The second kappa shape index (κ2) is 6.18. The SMILES string of the molecule is O=C(NC1CC1)C1CCCN1C(=O)c1ccc(CBr)cc1. The Morgan fingerprint density at radius 1 is 1.19 bits per heavy atom. The summed E-state index contributed by atoms with van der Waals surface area (Å²) in [6.07, 6.45) is 3.80. The minimum Gasteiger partial charge on any atom is -0.352 e. The van der Waals surface area contributed by atoms with Crippen LogP contribution in [0.1, 0.15) is 41.6 Å². The first kappa shape index (κ1) is 14.6. The van der Waals surface area contributed by atoms with Crippen LogP contribution in [0.15, 0.2) is 24.3 Å². The molecule has 112 valence electrons. The van der Waals surface area contributed by atoms with E-state index in [2.05, 4.69) is 21.2 Å². The summed E-state index contributed by atoms with van der Waals surface area (Å²) in [5.74, 6) is -0.0232. The fourth-order valence-electron chi connectivity index (χ4n) is 2.71. The van der Waals surface area contributed by atoms with E-state index in [0.29, 0.717) is 18.2 Å². The van der Waals surface area contributed by atoms with Gasteiger partial charge in [-0.2, -0.15) is 0 Å². The average molecular weight is 351 g/mol. The van der Waals surface area contributed by atoms with Gasteiger partial charge >= 0.3 is 0 Å². The second-order valence-electron chi connectivity index (χ2n) is 5.77. The Bertz CT molecular complexity index is 540. The van der Waals surface area contributed by atoms with Gasteiger partial charge in [0.25, 0.3) is 5.91 Å². The summed E-state index contributed by atoms with van der Waals surface area (Å²) >= 11 is 3.39. The van der Waals surface area contributed by atoms with Gasteiger partial charge in [-0.25, -0.2) is 0 Å². The van der Waals surface area contributed by atoms with Gasteiger partial charge in [0, 0.05) is 23.5 Å². The zero-order valence-corrected chi connectivity index (χ0v) is 13.4. The summed E-state index contributed by atoms with van der Waals surface area (Å²) in [5.41, 5.74) is 1.79. The predicted molar refractivity (Wildman–Crippen MR) is 84.3 cm³/mol. The fourth-order valence-corrected chi connectivity index (χ4v) is 3.08. The molecule has 0 aromatic heterocycles. The highest BCUT2D eigenvalue weighted by molar-refractivity contribution is 9.08. The molecule has 1 aliphatic carbocycles. The molecule has 2 amide bonds. The number of carbonyl (C=O) groups excluding carboxylic acids is 2. The van der Waals surface area contributed by atoms with Gasteiger partial charge in [-0.05, 0) is 43.4 Å². The zero-order valence-electron chi connectivity index (χ0n) is 11.8. The van der Waals surface area contributed by atoms with Crippen LogP contribution >= 0.6 is 15.9 Å². The number of likely N-dealkylation sites (tertiary alicyclic amines) is 1. The number of rotatable bonds is 4. The van der Waals surface area contributed by atoms with Gasteiger partial charge in [0.05, 0.1) is 0 Å². The van der Waals surface area contributed by atoms with Crippen LogP contribution in [0.2, 0.25) is 0 Å². The highest BCUT2D eigenvalue weighted by Gasteiger charge is 2.36. The van der Waals surface area contributed by atoms with Crippen LogP contribution in [0.25, 0.3) is 0 Å². The molecule has 1 aromatic rings. The van der Waals surface area contributed by atoms with Crippen LogP contribution < -0.4 is 5.32 Å². The molecule has 0 radical (unpaired) electrons. The normalized spacial score (nSPS) is 21.4. The molecule has 1 saturated heterocycles. The highest BCUT2D eigenvalue weighted by Crippen LogP contribution is 2.24. The van der Waals surface area contributed by atoms with E-state index >= 15 is 0 Å². The van der Waals surface area contributed by atoms with Gasteiger partial charge in [0.2, 0.25) is 5.91 Å². The van der Waals surface area contributed by atoms with E-state index in [1.807, 2.05) is 24.3 Å². The van der Waals surface area contributed by atoms with E-state index in [1.165, 1.54) is 0 Å². The summed E-state index contributed by atoms with van der Waals surface area (Å²) < 4.78 is 0. The van der Waals surface area contributed by atoms with Crippen LogP contribution in [0.3, 0.4) is 0 Å². The van der Waals surface area contributed by atoms with Crippen molar-refractivity contribution in [1.29, 1.82) is 0 Å². The summed E-state index contributed by atoms with van der Waals surface area (Å²) in [7, 11) is 0. The van der Waals surface area contributed by atoms with Crippen molar-refractivity contribution in [1.82, 2.24) is 10.2 Å². The number of halogens is 1. The standard InChI is InChI=1S/C16H19BrN2O2/c17-10-11-3-5-12(6-4-11)16(21)19-9-1-2-14(19)15(20)18-13-7-8-13/h3-6,13-14H,1-2,7-10H2,(H,18,20).